The van der Waals surface area contributed by atoms with Gasteiger partial charge in [-0.1, -0.05) is 19.8 Å². The molecule has 1 heteroatoms. The average molecular weight is 141 g/mol. The van der Waals surface area contributed by atoms with Crippen molar-refractivity contribution in [3.8, 4) is 0 Å². The first-order valence-electron chi connectivity index (χ1n) is 4.05. The van der Waals surface area contributed by atoms with E-state index in [0.717, 1.165) is 12.8 Å². The molecule has 0 aromatic carbocycles. The molecule has 0 N–H and O–H groups in total. The lowest BCUT2D eigenvalue weighted by molar-refractivity contribution is 0.217. The molecule has 0 spiro atoms. The normalized spacial score (nSPS) is 9.40. The molecule has 1 radical (unpaired) electrons. The van der Waals surface area contributed by atoms with Crippen molar-refractivity contribution in [1.29, 1.82) is 0 Å². The van der Waals surface area contributed by atoms with Gasteiger partial charge in [-0.25, -0.2) is 0 Å². The van der Waals surface area contributed by atoms with Crippen LogP contribution in [0.5, 0.6) is 0 Å². The molecule has 0 unspecified atom stereocenters. The van der Waals surface area contributed by atoms with E-state index in [-0.39, 0.29) is 0 Å². The van der Waals surface area contributed by atoms with E-state index in [1.165, 1.54) is 12.8 Å². The van der Waals surface area contributed by atoms with Gasteiger partial charge in [-0.15, -0.1) is 0 Å². The van der Waals surface area contributed by atoms with Gasteiger partial charge >= 0.3 is 0 Å². The number of rotatable bonds is 6. The summed E-state index contributed by atoms with van der Waals surface area (Å²) in [6.07, 6.45) is 4.55. The maximum Gasteiger partial charge on any atom is 0.0960 e. The molecule has 0 saturated heterocycles. The molecule has 0 aromatic rings. The molecule has 0 rings (SSSR count). The molecule has 0 aliphatic heterocycles. The second-order valence-corrected chi connectivity index (χ2v) is 2.36. The molecule has 0 heterocycles. The van der Waals surface area contributed by atoms with Crippen LogP contribution in [0.4, 0.5) is 0 Å². The first-order valence-corrected chi connectivity index (χ1v) is 4.05. The lowest BCUT2D eigenvalue weighted by Gasteiger charge is -2.04. The Balaban J connectivity index is 3.05. The third kappa shape index (κ3) is 5.67. The minimum Gasteiger partial charge on any atom is -0.498 e. The first kappa shape index (κ1) is 9.54. The summed E-state index contributed by atoms with van der Waals surface area (Å²) < 4.78 is 5.08. The maximum atomic E-state index is 5.52. The van der Waals surface area contributed by atoms with E-state index in [9.17, 15) is 0 Å². The predicted octanol–water partition coefficient (Wildman–Crippen LogP) is 2.92. The zero-order valence-electron chi connectivity index (χ0n) is 7.02. The highest BCUT2D eigenvalue weighted by molar-refractivity contribution is 4.77. The topological polar surface area (TPSA) is 9.23 Å². The Hall–Kier alpha value is -0.460. The van der Waals surface area contributed by atoms with E-state index in [1.54, 1.807) is 0 Å². The fourth-order valence-corrected chi connectivity index (χ4v) is 0.807. The zero-order valence-corrected chi connectivity index (χ0v) is 7.02. The van der Waals surface area contributed by atoms with Gasteiger partial charge in [0.2, 0.25) is 0 Å². The minimum atomic E-state index is 0.691. The first-order chi connectivity index (χ1) is 4.81. The number of hydrogen-bond acceptors (Lipinski definition) is 1. The van der Waals surface area contributed by atoms with Crippen molar-refractivity contribution in [3.05, 3.63) is 12.3 Å². The van der Waals surface area contributed by atoms with Crippen LogP contribution in [0.15, 0.2) is 5.76 Å². The quantitative estimate of drug-likeness (QED) is 0.408. The molecule has 10 heavy (non-hydrogen) atoms. The van der Waals surface area contributed by atoms with Gasteiger partial charge in [-0.2, -0.15) is 0 Å². The van der Waals surface area contributed by atoms with E-state index >= 15 is 0 Å². The van der Waals surface area contributed by atoms with Gasteiger partial charge in [-0.3, -0.25) is 0 Å². The summed E-state index contributed by atoms with van der Waals surface area (Å²) in [7, 11) is 0. The van der Waals surface area contributed by atoms with Crippen LogP contribution in [0.2, 0.25) is 0 Å². The zero-order chi connectivity index (χ0) is 7.82. The maximum absolute atomic E-state index is 5.52. The highest BCUT2D eigenvalue weighted by Crippen LogP contribution is 2.07. The highest BCUT2D eigenvalue weighted by atomic mass is 16.5. The van der Waals surface area contributed by atoms with E-state index in [2.05, 4.69) is 6.92 Å². The van der Waals surface area contributed by atoms with Crippen LogP contribution in [0.1, 0.15) is 39.5 Å². The summed E-state index contributed by atoms with van der Waals surface area (Å²) in [5.41, 5.74) is 0. The lowest BCUT2D eigenvalue weighted by Crippen LogP contribution is -1.89. The van der Waals surface area contributed by atoms with Crippen LogP contribution in [-0.4, -0.2) is 6.61 Å². The molecular weight excluding hydrogens is 124 g/mol. The predicted molar refractivity (Wildman–Crippen MR) is 43.6 cm³/mol. The molecule has 0 aliphatic carbocycles. The van der Waals surface area contributed by atoms with E-state index in [0.29, 0.717) is 12.4 Å². The van der Waals surface area contributed by atoms with E-state index < -0.39 is 0 Å². The summed E-state index contributed by atoms with van der Waals surface area (Å²) in [5.74, 6) is 0.691. The Labute approximate surface area is 64.1 Å². The third-order valence-corrected chi connectivity index (χ3v) is 1.36. The summed E-state index contributed by atoms with van der Waals surface area (Å²) >= 11 is 0. The smallest absolute Gasteiger partial charge is 0.0960 e. The highest BCUT2D eigenvalue weighted by Gasteiger charge is 1.92. The van der Waals surface area contributed by atoms with Crippen molar-refractivity contribution in [3.63, 3.8) is 0 Å². The summed E-state index contributed by atoms with van der Waals surface area (Å²) in [6.45, 7) is 10.3. The van der Waals surface area contributed by atoms with Crippen molar-refractivity contribution >= 4 is 0 Å². The Morgan fingerprint density at radius 2 is 2.00 bits per heavy atom. The monoisotopic (exact) mass is 141 g/mol. The molecule has 0 amide bonds. The number of allylic oxidation sites excluding steroid dienone is 1. The fourth-order valence-electron chi connectivity index (χ4n) is 0.807. The SMILES string of the molecule is [CH]=C(CCCCC)OCC. The molecule has 1 nitrogen and oxygen atoms in total. The second-order valence-electron chi connectivity index (χ2n) is 2.36. The number of ether oxygens (including phenoxy) is 1. The van der Waals surface area contributed by atoms with Crippen molar-refractivity contribution in [2.45, 2.75) is 39.5 Å². The van der Waals surface area contributed by atoms with Crippen LogP contribution in [-0.2, 0) is 4.74 Å². The second kappa shape index (κ2) is 6.66. The van der Waals surface area contributed by atoms with Crippen LogP contribution in [0.3, 0.4) is 0 Å². The van der Waals surface area contributed by atoms with Gasteiger partial charge in [0.15, 0.2) is 0 Å². The van der Waals surface area contributed by atoms with Crippen molar-refractivity contribution in [2.75, 3.05) is 6.61 Å². The van der Waals surface area contributed by atoms with Gasteiger partial charge in [0, 0.05) is 6.42 Å². The van der Waals surface area contributed by atoms with Crippen molar-refractivity contribution in [2.24, 2.45) is 0 Å². The Morgan fingerprint density at radius 1 is 1.30 bits per heavy atom. The molecule has 0 aromatic heterocycles. The Kier molecular flexibility index (Phi) is 6.35. The van der Waals surface area contributed by atoms with Crippen molar-refractivity contribution < 1.29 is 4.74 Å². The van der Waals surface area contributed by atoms with Crippen LogP contribution in [0.25, 0.3) is 0 Å². The standard InChI is InChI=1S/C9H17O/c1-4-6-7-8-9(3)10-5-2/h3H,4-8H2,1-2H3. The van der Waals surface area contributed by atoms with Crippen molar-refractivity contribution in [1.82, 2.24) is 0 Å². The molecule has 59 valence electrons. The van der Waals surface area contributed by atoms with Crippen LogP contribution in [0, 0.1) is 6.58 Å². The number of hydrogen-bond donors (Lipinski definition) is 0. The summed E-state index contributed by atoms with van der Waals surface area (Å²) in [4.78, 5) is 0. The van der Waals surface area contributed by atoms with Gasteiger partial charge < -0.3 is 4.74 Å². The molecule has 0 bridgehead atoms. The minimum absolute atomic E-state index is 0.691. The molecule has 0 saturated carbocycles. The fraction of sp³-hybridized carbons (Fsp3) is 0.778. The molecule has 0 aliphatic rings. The molecule has 0 atom stereocenters. The van der Waals surface area contributed by atoms with Gasteiger partial charge in [0.1, 0.15) is 0 Å². The summed E-state index contributed by atoms with van der Waals surface area (Å²) in [5, 5.41) is 0. The van der Waals surface area contributed by atoms with Gasteiger partial charge in [-0.05, 0) is 19.9 Å². The summed E-state index contributed by atoms with van der Waals surface area (Å²) in [6, 6.07) is 0. The average Bonchev–Trinajstić information content (AvgIpc) is 1.89. The Morgan fingerprint density at radius 3 is 2.50 bits per heavy atom. The number of unbranched alkanes of at least 4 members (excludes halogenated alkanes) is 2. The van der Waals surface area contributed by atoms with Gasteiger partial charge in [0.05, 0.1) is 12.4 Å². The Bertz CT molecular complexity index is 86.7. The third-order valence-electron chi connectivity index (χ3n) is 1.36. The van der Waals surface area contributed by atoms with E-state index in [1.807, 2.05) is 6.92 Å². The van der Waals surface area contributed by atoms with Crippen LogP contribution < -0.4 is 0 Å². The van der Waals surface area contributed by atoms with E-state index in [4.69, 9.17) is 11.3 Å². The van der Waals surface area contributed by atoms with Crippen LogP contribution >= 0.6 is 0 Å². The largest absolute Gasteiger partial charge is 0.498 e. The molecular formula is C9H17O. The molecule has 0 fully saturated rings. The lowest BCUT2D eigenvalue weighted by atomic mass is 10.2. The van der Waals surface area contributed by atoms with Gasteiger partial charge in [0.25, 0.3) is 0 Å².